The summed E-state index contributed by atoms with van der Waals surface area (Å²) in [5.74, 6) is 0.710. The molecule has 1 unspecified atom stereocenters. The Morgan fingerprint density at radius 2 is 2.29 bits per heavy atom. The lowest BCUT2D eigenvalue weighted by Crippen LogP contribution is -2.32. The van der Waals surface area contributed by atoms with E-state index in [-0.39, 0.29) is 5.82 Å². The largest absolute Gasteiger partial charge is 0.310 e. The highest BCUT2D eigenvalue weighted by Gasteiger charge is 2.08. The van der Waals surface area contributed by atoms with E-state index in [4.69, 9.17) is 0 Å². The van der Waals surface area contributed by atoms with Crippen molar-refractivity contribution in [3.05, 3.63) is 42.2 Å². The van der Waals surface area contributed by atoms with E-state index < -0.39 is 0 Å². The summed E-state index contributed by atoms with van der Waals surface area (Å²) in [6, 6.07) is 7.01. The lowest BCUT2D eigenvalue weighted by molar-refractivity contribution is 0.608. The van der Waals surface area contributed by atoms with Gasteiger partial charge >= 0.3 is 0 Å². The van der Waals surface area contributed by atoms with Crippen LogP contribution in [0.25, 0.3) is 0 Å². The van der Waals surface area contributed by atoms with Crippen molar-refractivity contribution in [2.24, 2.45) is 0 Å². The van der Waals surface area contributed by atoms with Gasteiger partial charge in [0.05, 0.1) is 0 Å². The first kappa shape index (κ1) is 14.3. The highest BCUT2D eigenvalue weighted by Crippen LogP contribution is 2.21. The molecule has 0 aliphatic rings. The van der Waals surface area contributed by atoms with Crippen molar-refractivity contribution in [1.82, 2.24) is 5.32 Å². The normalized spacial score (nSPS) is 12.4. The molecule has 94 valence electrons. The second kappa shape index (κ2) is 7.51. The Morgan fingerprint density at radius 3 is 2.88 bits per heavy atom. The molecule has 1 atom stereocenters. The molecule has 1 nitrogen and oxygen atoms in total. The van der Waals surface area contributed by atoms with Crippen LogP contribution in [0.15, 0.2) is 41.3 Å². The molecule has 1 aromatic carbocycles. The van der Waals surface area contributed by atoms with Crippen molar-refractivity contribution in [3.8, 4) is 0 Å². The van der Waals surface area contributed by atoms with Gasteiger partial charge in [0.15, 0.2) is 0 Å². The number of thioether (sulfide) groups is 1. The summed E-state index contributed by atoms with van der Waals surface area (Å²) >= 11 is 1.66. The van der Waals surface area contributed by atoms with Crippen LogP contribution in [0.4, 0.5) is 4.39 Å². The van der Waals surface area contributed by atoms with Gasteiger partial charge in [0.1, 0.15) is 5.82 Å². The monoisotopic (exact) mass is 253 g/mol. The second-order valence-corrected chi connectivity index (χ2v) is 5.21. The maximum atomic E-state index is 13.0. The third-order valence-electron chi connectivity index (χ3n) is 2.45. The van der Waals surface area contributed by atoms with Crippen molar-refractivity contribution in [2.45, 2.75) is 31.2 Å². The molecule has 17 heavy (non-hydrogen) atoms. The Hall–Kier alpha value is -0.800. The standard InChI is InChI=1S/C14H20FNS/c1-4-8-16-14(11(2)3)10-17-13-7-5-6-12(15)9-13/h5-7,9,14,16H,2,4,8,10H2,1,3H3. The van der Waals surface area contributed by atoms with Gasteiger partial charge in [-0.2, -0.15) is 0 Å². The van der Waals surface area contributed by atoms with Crippen LogP contribution in [0.2, 0.25) is 0 Å². The topological polar surface area (TPSA) is 12.0 Å². The molecule has 0 aliphatic carbocycles. The smallest absolute Gasteiger partial charge is 0.124 e. The molecule has 0 spiro atoms. The zero-order valence-corrected chi connectivity index (χ0v) is 11.3. The summed E-state index contributed by atoms with van der Waals surface area (Å²) in [4.78, 5) is 0.967. The summed E-state index contributed by atoms with van der Waals surface area (Å²) in [6.07, 6.45) is 1.11. The van der Waals surface area contributed by atoms with Crippen molar-refractivity contribution >= 4 is 11.8 Å². The van der Waals surface area contributed by atoms with E-state index in [0.717, 1.165) is 29.2 Å². The second-order valence-electron chi connectivity index (χ2n) is 4.12. The maximum absolute atomic E-state index is 13.0. The summed E-state index contributed by atoms with van der Waals surface area (Å²) in [7, 11) is 0. The molecule has 0 aliphatic heterocycles. The van der Waals surface area contributed by atoms with Gasteiger partial charge in [-0.25, -0.2) is 4.39 Å². The number of hydrogen-bond acceptors (Lipinski definition) is 2. The number of halogens is 1. The average molecular weight is 253 g/mol. The Kier molecular flexibility index (Phi) is 6.30. The third-order valence-corrected chi connectivity index (χ3v) is 3.54. The zero-order chi connectivity index (χ0) is 12.7. The Bertz CT molecular complexity index is 365. The van der Waals surface area contributed by atoms with E-state index in [1.807, 2.05) is 13.0 Å². The fraction of sp³-hybridized carbons (Fsp3) is 0.429. The fourth-order valence-corrected chi connectivity index (χ4v) is 2.56. The minimum absolute atomic E-state index is 0.177. The SMILES string of the molecule is C=C(C)C(CSc1cccc(F)c1)NCCC. The highest BCUT2D eigenvalue weighted by molar-refractivity contribution is 7.99. The Balaban J connectivity index is 2.48. The lowest BCUT2D eigenvalue weighted by Gasteiger charge is -2.18. The van der Waals surface area contributed by atoms with Crippen LogP contribution < -0.4 is 5.32 Å². The third kappa shape index (κ3) is 5.37. The molecule has 0 amide bonds. The zero-order valence-electron chi connectivity index (χ0n) is 10.5. The number of benzene rings is 1. The quantitative estimate of drug-likeness (QED) is 0.585. The van der Waals surface area contributed by atoms with Gasteiger partial charge < -0.3 is 5.32 Å². The van der Waals surface area contributed by atoms with Crippen molar-refractivity contribution in [1.29, 1.82) is 0 Å². The van der Waals surface area contributed by atoms with Crippen molar-refractivity contribution < 1.29 is 4.39 Å². The first-order valence-corrected chi connectivity index (χ1v) is 6.89. The van der Waals surface area contributed by atoms with Crippen molar-refractivity contribution in [2.75, 3.05) is 12.3 Å². The van der Waals surface area contributed by atoms with Crippen LogP contribution in [0, 0.1) is 5.82 Å². The number of rotatable bonds is 7. The van der Waals surface area contributed by atoms with Crippen LogP contribution in [-0.2, 0) is 0 Å². The van der Waals surface area contributed by atoms with Gasteiger partial charge in [-0.15, -0.1) is 11.8 Å². The average Bonchev–Trinajstić information content (AvgIpc) is 2.28. The predicted octanol–water partition coefficient (Wildman–Crippen LogP) is 3.86. The van der Waals surface area contributed by atoms with E-state index in [2.05, 4.69) is 18.8 Å². The van der Waals surface area contributed by atoms with Crippen molar-refractivity contribution in [3.63, 3.8) is 0 Å². The maximum Gasteiger partial charge on any atom is 0.124 e. The number of hydrogen-bond donors (Lipinski definition) is 1. The lowest BCUT2D eigenvalue weighted by atomic mass is 10.2. The Labute approximate surface area is 107 Å². The molecule has 0 radical (unpaired) electrons. The molecular formula is C14H20FNS. The molecule has 0 fully saturated rings. The van der Waals surface area contributed by atoms with Crippen LogP contribution >= 0.6 is 11.8 Å². The first-order chi connectivity index (χ1) is 8.13. The molecular weight excluding hydrogens is 233 g/mol. The molecule has 0 heterocycles. The molecule has 3 heteroatoms. The fourth-order valence-electron chi connectivity index (χ4n) is 1.43. The van der Waals surface area contributed by atoms with E-state index in [1.54, 1.807) is 23.9 Å². The van der Waals surface area contributed by atoms with Crippen LogP contribution in [0.1, 0.15) is 20.3 Å². The van der Waals surface area contributed by atoms with E-state index >= 15 is 0 Å². The number of nitrogens with one attached hydrogen (secondary N) is 1. The minimum Gasteiger partial charge on any atom is -0.310 e. The summed E-state index contributed by atoms with van der Waals surface area (Å²) < 4.78 is 13.0. The highest BCUT2D eigenvalue weighted by atomic mass is 32.2. The minimum atomic E-state index is -0.177. The molecule has 0 bridgehead atoms. The Morgan fingerprint density at radius 1 is 1.53 bits per heavy atom. The van der Waals surface area contributed by atoms with Gasteiger partial charge in [-0.05, 0) is 38.1 Å². The summed E-state index contributed by atoms with van der Waals surface area (Å²) in [6.45, 7) is 9.14. The van der Waals surface area contributed by atoms with Crippen LogP contribution in [0.3, 0.4) is 0 Å². The van der Waals surface area contributed by atoms with E-state index in [9.17, 15) is 4.39 Å². The van der Waals surface area contributed by atoms with E-state index in [0.29, 0.717) is 6.04 Å². The van der Waals surface area contributed by atoms with Gasteiger partial charge in [0.25, 0.3) is 0 Å². The van der Waals surface area contributed by atoms with E-state index in [1.165, 1.54) is 6.07 Å². The molecule has 1 rings (SSSR count). The molecule has 0 saturated heterocycles. The van der Waals surface area contributed by atoms with Crippen LogP contribution in [0.5, 0.6) is 0 Å². The summed E-state index contributed by atoms with van der Waals surface area (Å²) in [5.41, 5.74) is 1.13. The first-order valence-electron chi connectivity index (χ1n) is 5.90. The molecule has 0 saturated carbocycles. The van der Waals surface area contributed by atoms with Crippen LogP contribution in [-0.4, -0.2) is 18.3 Å². The van der Waals surface area contributed by atoms with Gasteiger partial charge in [-0.1, -0.05) is 25.1 Å². The van der Waals surface area contributed by atoms with Gasteiger partial charge in [-0.3, -0.25) is 0 Å². The molecule has 0 aromatic heterocycles. The molecule has 1 aromatic rings. The molecule has 1 N–H and O–H groups in total. The predicted molar refractivity (Wildman–Crippen MR) is 74.0 cm³/mol. The summed E-state index contributed by atoms with van der Waals surface area (Å²) in [5, 5.41) is 3.44. The van der Waals surface area contributed by atoms with Gasteiger partial charge in [0.2, 0.25) is 0 Å². The van der Waals surface area contributed by atoms with Gasteiger partial charge in [0, 0.05) is 16.7 Å².